The minimum atomic E-state index is -3.19. The average molecular weight is 287 g/mol. The van der Waals surface area contributed by atoms with Crippen molar-refractivity contribution < 1.29 is 8.42 Å². The summed E-state index contributed by atoms with van der Waals surface area (Å²) in [6.07, 6.45) is 1.12. The van der Waals surface area contributed by atoms with Gasteiger partial charge in [-0.3, -0.25) is 4.72 Å². The molecule has 1 atom stereocenters. The molecule has 0 bridgehead atoms. The van der Waals surface area contributed by atoms with Crippen LogP contribution in [0, 0.1) is 0 Å². The van der Waals surface area contributed by atoms with Gasteiger partial charge in [-0.2, -0.15) is 0 Å². The molecule has 94 valence electrons. The SMILES string of the molecule is CC(N)c1ccc(NS(C)(=O)=O)cc1.Cl.Cl. The molecule has 0 aliphatic carbocycles. The van der Waals surface area contributed by atoms with Crippen molar-refractivity contribution in [2.75, 3.05) is 11.0 Å². The molecule has 0 aliphatic heterocycles. The summed E-state index contributed by atoms with van der Waals surface area (Å²) in [6, 6.07) is 6.96. The molecule has 0 spiro atoms. The van der Waals surface area contributed by atoms with Crippen molar-refractivity contribution in [3.8, 4) is 0 Å². The zero-order valence-corrected chi connectivity index (χ0v) is 11.5. The number of hydrogen-bond acceptors (Lipinski definition) is 3. The van der Waals surface area contributed by atoms with Crippen molar-refractivity contribution in [2.24, 2.45) is 5.73 Å². The van der Waals surface area contributed by atoms with Gasteiger partial charge in [-0.15, -0.1) is 24.8 Å². The van der Waals surface area contributed by atoms with Crippen LogP contribution in [0.1, 0.15) is 18.5 Å². The normalized spacial score (nSPS) is 11.9. The highest BCUT2D eigenvalue weighted by molar-refractivity contribution is 7.92. The number of hydrogen-bond donors (Lipinski definition) is 2. The first kappa shape index (κ1) is 17.9. The van der Waals surface area contributed by atoms with E-state index >= 15 is 0 Å². The van der Waals surface area contributed by atoms with Gasteiger partial charge >= 0.3 is 0 Å². The van der Waals surface area contributed by atoms with E-state index in [1.165, 1.54) is 0 Å². The molecule has 0 saturated heterocycles. The highest BCUT2D eigenvalue weighted by Gasteiger charge is 2.02. The minimum absolute atomic E-state index is 0. The Bertz CT molecular complexity index is 404. The number of nitrogens with one attached hydrogen (secondary N) is 1. The maximum atomic E-state index is 10.9. The fraction of sp³-hybridized carbons (Fsp3) is 0.333. The molecule has 7 heteroatoms. The highest BCUT2D eigenvalue weighted by atomic mass is 35.5. The summed E-state index contributed by atoms with van der Waals surface area (Å²) in [4.78, 5) is 0. The smallest absolute Gasteiger partial charge is 0.229 e. The predicted molar refractivity (Wildman–Crippen MR) is 72.0 cm³/mol. The number of rotatable bonds is 3. The van der Waals surface area contributed by atoms with Crippen molar-refractivity contribution in [2.45, 2.75) is 13.0 Å². The van der Waals surface area contributed by atoms with Gasteiger partial charge in [-0.25, -0.2) is 8.42 Å². The van der Waals surface area contributed by atoms with Crippen molar-refractivity contribution in [3.05, 3.63) is 29.8 Å². The van der Waals surface area contributed by atoms with Crippen LogP contribution in [0.5, 0.6) is 0 Å². The third-order valence-electron chi connectivity index (χ3n) is 1.74. The maximum absolute atomic E-state index is 10.9. The molecule has 0 aliphatic rings. The van der Waals surface area contributed by atoms with Crippen LogP contribution in [0.2, 0.25) is 0 Å². The van der Waals surface area contributed by atoms with Crippen LogP contribution in [-0.4, -0.2) is 14.7 Å². The molecular formula is C9H16Cl2N2O2S. The highest BCUT2D eigenvalue weighted by Crippen LogP contribution is 2.14. The summed E-state index contributed by atoms with van der Waals surface area (Å²) in [5.41, 5.74) is 7.18. The second kappa shape index (κ2) is 6.96. The van der Waals surface area contributed by atoms with Crippen LogP contribution in [0.15, 0.2) is 24.3 Å². The van der Waals surface area contributed by atoms with Gasteiger partial charge in [-0.05, 0) is 24.6 Å². The molecule has 0 amide bonds. The Labute approximate surface area is 108 Å². The molecule has 1 rings (SSSR count). The summed E-state index contributed by atoms with van der Waals surface area (Å²) >= 11 is 0. The lowest BCUT2D eigenvalue weighted by Gasteiger charge is -2.07. The van der Waals surface area contributed by atoms with E-state index < -0.39 is 10.0 Å². The summed E-state index contributed by atoms with van der Waals surface area (Å²) in [5, 5.41) is 0. The maximum Gasteiger partial charge on any atom is 0.229 e. The Hall–Kier alpha value is -0.490. The van der Waals surface area contributed by atoms with E-state index in [1.807, 2.05) is 6.92 Å². The van der Waals surface area contributed by atoms with Gasteiger partial charge in [0.15, 0.2) is 0 Å². The summed E-state index contributed by atoms with van der Waals surface area (Å²) in [5.74, 6) is 0. The molecule has 1 aromatic rings. The van der Waals surface area contributed by atoms with E-state index in [2.05, 4.69) is 4.72 Å². The molecule has 0 heterocycles. The molecular weight excluding hydrogens is 271 g/mol. The standard InChI is InChI=1S/C9H14N2O2S.2ClH/c1-7(10)8-3-5-9(6-4-8)11-14(2,12)13;;/h3-7,11H,10H2,1-2H3;2*1H. The third kappa shape index (κ3) is 6.17. The lowest BCUT2D eigenvalue weighted by molar-refractivity contribution is 0.607. The Morgan fingerprint density at radius 2 is 1.62 bits per heavy atom. The Morgan fingerprint density at radius 3 is 1.94 bits per heavy atom. The Morgan fingerprint density at radius 1 is 1.19 bits per heavy atom. The van der Waals surface area contributed by atoms with Crippen LogP contribution in [-0.2, 0) is 10.0 Å². The Balaban J connectivity index is 0. The summed E-state index contributed by atoms with van der Waals surface area (Å²) in [6.45, 7) is 1.87. The fourth-order valence-corrected chi connectivity index (χ4v) is 1.63. The first-order valence-electron chi connectivity index (χ1n) is 4.22. The van der Waals surface area contributed by atoms with E-state index in [1.54, 1.807) is 24.3 Å². The lowest BCUT2D eigenvalue weighted by Crippen LogP contribution is -2.10. The number of benzene rings is 1. The molecule has 0 radical (unpaired) electrons. The lowest BCUT2D eigenvalue weighted by atomic mass is 10.1. The fourth-order valence-electron chi connectivity index (χ4n) is 1.07. The van der Waals surface area contributed by atoms with E-state index in [-0.39, 0.29) is 30.9 Å². The molecule has 3 N–H and O–H groups in total. The van der Waals surface area contributed by atoms with Crippen LogP contribution in [0.4, 0.5) is 5.69 Å². The zero-order valence-electron chi connectivity index (χ0n) is 9.01. The molecule has 4 nitrogen and oxygen atoms in total. The van der Waals surface area contributed by atoms with E-state index in [9.17, 15) is 8.42 Å². The van der Waals surface area contributed by atoms with Crippen molar-refractivity contribution in [1.29, 1.82) is 0 Å². The third-order valence-corrected chi connectivity index (χ3v) is 2.35. The van der Waals surface area contributed by atoms with E-state index in [0.717, 1.165) is 11.8 Å². The van der Waals surface area contributed by atoms with Gasteiger partial charge in [0.25, 0.3) is 0 Å². The summed E-state index contributed by atoms with van der Waals surface area (Å²) < 4.78 is 24.1. The second-order valence-electron chi connectivity index (χ2n) is 3.28. The second-order valence-corrected chi connectivity index (χ2v) is 5.03. The van der Waals surface area contributed by atoms with Gasteiger partial charge in [0, 0.05) is 11.7 Å². The van der Waals surface area contributed by atoms with Gasteiger partial charge in [0.1, 0.15) is 0 Å². The Kier molecular flexibility index (Phi) is 7.78. The van der Waals surface area contributed by atoms with Crippen LogP contribution < -0.4 is 10.5 Å². The van der Waals surface area contributed by atoms with Crippen LogP contribution >= 0.6 is 24.8 Å². The minimum Gasteiger partial charge on any atom is -0.324 e. The topological polar surface area (TPSA) is 72.2 Å². The molecule has 0 fully saturated rings. The number of sulfonamides is 1. The molecule has 0 saturated carbocycles. The van der Waals surface area contributed by atoms with E-state index in [0.29, 0.717) is 5.69 Å². The van der Waals surface area contributed by atoms with Gasteiger partial charge in [-0.1, -0.05) is 12.1 Å². The molecule has 0 aromatic heterocycles. The van der Waals surface area contributed by atoms with Gasteiger partial charge < -0.3 is 5.73 Å². The van der Waals surface area contributed by atoms with Gasteiger partial charge in [0.2, 0.25) is 10.0 Å². The van der Waals surface area contributed by atoms with Crippen molar-refractivity contribution in [3.63, 3.8) is 0 Å². The average Bonchev–Trinajstić information content (AvgIpc) is 2.02. The van der Waals surface area contributed by atoms with Gasteiger partial charge in [0.05, 0.1) is 6.26 Å². The number of halogens is 2. The quantitative estimate of drug-likeness (QED) is 0.892. The summed E-state index contributed by atoms with van der Waals surface area (Å²) in [7, 11) is -3.19. The number of anilines is 1. The first-order valence-corrected chi connectivity index (χ1v) is 6.11. The zero-order chi connectivity index (χ0) is 10.8. The number of nitrogens with two attached hydrogens (primary N) is 1. The monoisotopic (exact) mass is 286 g/mol. The largest absolute Gasteiger partial charge is 0.324 e. The predicted octanol–water partition coefficient (Wildman–Crippen LogP) is 1.92. The van der Waals surface area contributed by atoms with E-state index in [4.69, 9.17) is 5.73 Å². The van der Waals surface area contributed by atoms with Crippen molar-refractivity contribution in [1.82, 2.24) is 0 Å². The van der Waals surface area contributed by atoms with Crippen LogP contribution in [0.3, 0.4) is 0 Å². The van der Waals surface area contributed by atoms with Crippen LogP contribution in [0.25, 0.3) is 0 Å². The van der Waals surface area contributed by atoms with Crippen molar-refractivity contribution >= 4 is 40.5 Å². The molecule has 1 aromatic carbocycles. The first-order chi connectivity index (χ1) is 6.38. The molecule has 16 heavy (non-hydrogen) atoms. The molecule has 1 unspecified atom stereocenters.